The van der Waals surface area contributed by atoms with E-state index < -0.39 is 76.8 Å². The number of hydrogen-bond donors (Lipinski definition) is 7. The van der Waals surface area contributed by atoms with E-state index >= 15 is 0 Å². The molecule has 3 aromatic carbocycles. The molecule has 24 nitrogen and oxygen atoms in total. The first-order chi connectivity index (χ1) is 39.0. The number of aliphatic hydroxyl groups is 1. The van der Waals surface area contributed by atoms with E-state index in [1.807, 2.05) is 0 Å². The van der Waals surface area contributed by atoms with Crippen molar-refractivity contribution in [1.82, 2.24) is 10.6 Å². The van der Waals surface area contributed by atoms with Gasteiger partial charge < -0.3 is 83.5 Å². The molecule has 2 aliphatic heterocycles. The first-order valence-electron chi connectivity index (χ1n) is 25.3. The summed E-state index contributed by atoms with van der Waals surface area (Å²) in [7, 11) is 5.17. The molecule has 2 aliphatic rings. The summed E-state index contributed by atoms with van der Waals surface area (Å²) in [5.74, 6) is 0.893. The number of amides is 2. The van der Waals surface area contributed by atoms with E-state index in [2.05, 4.69) is 41.7 Å². The summed E-state index contributed by atoms with van der Waals surface area (Å²) >= 11 is 0. The molecule has 0 aromatic heterocycles. The van der Waals surface area contributed by atoms with Crippen LogP contribution in [-0.4, -0.2) is 161 Å². The predicted octanol–water partition coefficient (Wildman–Crippen LogP) is 6.58. The Morgan fingerprint density at radius 3 is 1.29 bits per heavy atom. The summed E-state index contributed by atoms with van der Waals surface area (Å²) in [6.07, 6.45) is 3.21. The fourth-order valence-electron chi connectivity index (χ4n) is 5.97. The topological polar surface area (TPSA) is 351 Å². The Morgan fingerprint density at radius 1 is 0.674 bits per heavy atom. The maximum absolute atomic E-state index is 12.5. The van der Waals surface area contributed by atoms with E-state index in [0.29, 0.717) is 30.7 Å². The number of nitrogens with two attached hydrogens (primary N) is 1. The van der Waals surface area contributed by atoms with Crippen molar-refractivity contribution in [3.63, 3.8) is 0 Å². The van der Waals surface area contributed by atoms with Gasteiger partial charge in [-0.2, -0.15) is 0 Å². The molecule has 0 saturated carbocycles. The van der Waals surface area contributed by atoms with Gasteiger partial charge in [0.25, 0.3) is 0 Å². The Balaban J connectivity index is -0.000000524. The average Bonchev–Trinajstić information content (AvgIpc) is 3.44. The number of phenols is 1. The Labute approximate surface area is 584 Å². The van der Waals surface area contributed by atoms with Gasteiger partial charge in [0.15, 0.2) is 12.7 Å². The van der Waals surface area contributed by atoms with Crippen LogP contribution in [-0.2, 0) is 178 Å². The number of carbonyl (C=O) groups excluding carboxylic acids is 5. The second-order valence-corrected chi connectivity index (χ2v) is 24.7. The maximum atomic E-state index is 12.5. The van der Waals surface area contributed by atoms with Gasteiger partial charge in [-0.05, 0) is 114 Å². The van der Waals surface area contributed by atoms with E-state index in [1.165, 1.54) is 12.1 Å². The summed E-state index contributed by atoms with van der Waals surface area (Å²) < 4.78 is 81.7. The SMILES string of the molecule is C=C.C=C.CC(C)(C)OC(=O)N[C@H]([C-]=O)Cc1ccc(O)cc1.[B]C[C@@H](CO)OCP(=O)(O)O.[B]C[C@H]1COP(=O)(Oc2ccc(C[C@@H]([C-]=O)NC(=O)OC(C)(C)C)cc2)CO1.[B]C[C@H]1COP(=O)(Oc2ccc(C[C@H](N)[C-]=O)cc2)CO1.[Y].[Y].[Y]. The molecule has 465 valence electrons. The molecule has 5 rings (SSSR count). The van der Waals surface area contributed by atoms with E-state index in [1.54, 1.807) is 121 Å². The number of aromatic hydroxyl groups is 1. The monoisotopic (exact) mass is 1480 g/mol. The van der Waals surface area contributed by atoms with Crippen molar-refractivity contribution in [1.29, 1.82) is 0 Å². The Hall–Kier alpha value is -2.07. The molecular formula is C53H76B3N3O21P3Y3-3. The molecule has 0 bridgehead atoms. The zero-order valence-electron chi connectivity index (χ0n) is 49.3. The standard InChI is InChI=1S/C18H24BNO7P.C14H18NO4.C13H16BNO5P.C4H10BO5P.2C2H4.3Y/c1-18(2,3)26-17(22)20-14(10-21)8-13-4-6-15(7-5-13)27-28(23)12-24-16(9-19)11-25-28;1-14(2,3)19-13(18)15-11(9-16)8-10-4-6-12(17)7-5-10;14-6-13-8-19-21(17,9-18-13)20-12-3-1-10(2-4-12)5-11(15)7-16;5-1-4(2-6)10-3-11(7,8)9;2*1-2;;;/h4-7,14,16H,8-9,11-12H2,1-3H3,(H,20,22);4-7,11,17H,8H2,1-3H3,(H,15,18);1-4,11,13H,5-6,8-9,15H2;4,6H,1-3H2,(H2,7,8,9);2*1-2H2;;;/q3*-1;;;;;;/t14-,16-,28?;11-;11-,13-,21?;4-;;;;;/m0000...../s1. The zero-order valence-corrected chi connectivity index (χ0v) is 60.5. The van der Waals surface area contributed by atoms with Gasteiger partial charge in [-0.1, -0.05) is 73.5 Å². The fourth-order valence-corrected chi connectivity index (χ4v) is 9.19. The van der Waals surface area contributed by atoms with Gasteiger partial charge >= 0.3 is 35.0 Å². The van der Waals surface area contributed by atoms with Crippen LogP contribution in [0.1, 0.15) is 58.2 Å². The van der Waals surface area contributed by atoms with Crippen LogP contribution in [0.25, 0.3) is 0 Å². The molecule has 0 aliphatic carbocycles. The number of carbonyl (C=O) groups is 2. The van der Waals surface area contributed by atoms with Crippen LogP contribution < -0.4 is 25.4 Å². The predicted molar refractivity (Wildman–Crippen MR) is 314 cm³/mol. The van der Waals surface area contributed by atoms with Crippen LogP contribution in [0.2, 0.25) is 19.0 Å². The van der Waals surface area contributed by atoms with E-state index in [9.17, 15) is 37.7 Å². The van der Waals surface area contributed by atoms with Crippen molar-refractivity contribution < 1.29 is 198 Å². The van der Waals surface area contributed by atoms with Gasteiger partial charge in [0.05, 0.1) is 61.7 Å². The molecule has 2 saturated heterocycles. The molecule has 2 fully saturated rings. The van der Waals surface area contributed by atoms with Crippen molar-refractivity contribution in [2.75, 3.05) is 38.9 Å². The van der Waals surface area contributed by atoms with Crippen molar-refractivity contribution in [3.05, 3.63) is 116 Å². The van der Waals surface area contributed by atoms with Crippen molar-refractivity contribution >= 4 is 77.4 Å². The number of rotatable bonds is 22. The van der Waals surface area contributed by atoms with Crippen LogP contribution in [0.3, 0.4) is 0 Å². The Kier molecular flexibility index (Phi) is 50.2. The van der Waals surface area contributed by atoms with E-state index in [-0.39, 0.29) is 168 Å². The third kappa shape index (κ3) is 42.8. The number of benzene rings is 3. The average molecular weight is 1480 g/mol. The summed E-state index contributed by atoms with van der Waals surface area (Å²) in [4.78, 5) is 72.3. The van der Waals surface area contributed by atoms with Crippen LogP contribution in [0, 0.1) is 0 Å². The van der Waals surface area contributed by atoms with Gasteiger partial charge in [-0.25, -0.2) is 37.6 Å². The molecule has 9 radical (unpaired) electrons. The normalized spacial score (nSPS) is 19.0. The van der Waals surface area contributed by atoms with Gasteiger partial charge in [-0.3, -0.25) is 13.6 Å². The van der Waals surface area contributed by atoms with Gasteiger partial charge in [0.2, 0.25) is 0 Å². The fraction of sp³-hybridized carbons (Fsp3) is 0.491. The van der Waals surface area contributed by atoms with Crippen LogP contribution in [0.4, 0.5) is 9.59 Å². The second-order valence-electron chi connectivity index (χ2n) is 19.2. The molecular weight excluding hydrogens is 1410 g/mol. The summed E-state index contributed by atoms with van der Waals surface area (Å²) in [6, 6.07) is 17.5. The number of nitrogens with one attached hydrogen (secondary N) is 2. The van der Waals surface area contributed by atoms with Crippen molar-refractivity contribution in [2.45, 2.75) is 127 Å². The molecule has 0 spiro atoms. The number of hydrogen-bond acceptors (Lipinski definition) is 20. The molecule has 3 aromatic rings. The second kappa shape index (κ2) is 47.8. The first kappa shape index (κ1) is 90.3. The molecule has 8 N–H and O–H groups in total. The largest absolute Gasteiger partial charge is 0.540 e. The zero-order chi connectivity index (χ0) is 63.5. The van der Waals surface area contributed by atoms with Crippen LogP contribution in [0.5, 0.6) is 17.2 Å². The summed E-state index contributed by atoms with van der Waals surface area (Å²) in [5.41, 5.74) is 6.63. The number of phenolic OH excluding ortho intramolecular Hbond substituents is 1. The summed E-state index contributed by atoms with van der Waals surface area (Å²) in [5, 5.41) is 22.5. The number of ether oxygens (including phenoxy) is 5. The van der Waals surface area contributed by atoms with Gasteiger partial charge in [-0.15, -0.1) is 26.3 Å². The minimum Gasteiger partial charge on any atom is -0.540 e. The summed E-state index contributed by atoms with van der Waals surface area (Å²) in [6.45, 7) is 22.3. The smallest absolute Gasteiger partial charge is 0.405 e. The maximum Gasteiger partial charge on any atom is 0.405 e. The minimum atomic E-state index is -4.13. The van der Waals surface area contributed by atoms with Gasteiger partial charge in [0, 0.05) is 98.1 Å². The van der Waals surface area contributed by atoms with Crippen molar-refractivity contribution in [2.24, 2.45) is 5.73 Å². The van der Waals surface area contributed by atoms with Crippen LogP contribution in [0.15, 0.2) is 99.1 Å². The molecule has 2 amide bonds. The molecule has 8 atom stereocenters. The molecule has 86 heavy (non-hydrogen) atoms. The van der Waals surface area contributed by atoms with E-state index in [0.717, 1.165) is 16.7 Å². The minimum absolute atomic E-state index is 0. The molecule has 33 heteroatoms. The van der Waals surface area contributed by atoms with Crippen molar-refractivity contribution in [3.8, 4) is 17.2 Å². The quantitative estimate of drug-likeness (QED) is 0.0242. The van der Waals surface area contributed by atoms with Crippen LogP contribution >= 0.6 is 22.8 Å². The molecule has 2 unspecified atom stereocenters. The van der Waals surface area contributed by atoms with Gasteiger partial charge in [0.1, 0.15) is 34.8 Å². The first-order valence-corrected chi connectivity index (χ1v) is 30.5. The Bertz CT molecular complexity index is 2490. The number of aliphatic hydroxyl groups excluding tert-OH is 1. The van der Waals surface area contributed by atoms with E-state index in [4.69, 9.17) is 86.3 Å². The third-order valence-electron chi connectivity index (χ3n) is 9.75. The Morgan fingerprint density at radius 2 is 1.02 bits per heavy atom. The number of alkyl carbamates (subject to hydrolysis) is 2. The third-order valence-corrected chi connectivity index (χ3v) is 13.2. The molecule has 2 heterocycles.